The maximum Gasteiger partial charge on any atom is 0.328 e. The summed E-state index contributed by atoms with van der Waals surface area (Å²) in [5, 5.41) is 20.5. The number of aliphatic carboxylic acids is 1. The van der Waals surface area contributed by atoms with Crippen LogP contribution in [0.5, 0.6) is 0 Å². The van der Waals surface area contributed by atoms with Crippen molar-refractivity contribution in [3.05, 3.63) is 0 Å². The van der Waals surface area contributed by atoms with Crippen molar-refractivity contribution in [2.24, 2.45) is 0 Å². The number of carboxylic acid groups (broad SMARTS) is 1. The normalized spacial score (nSPS) is 19.9. The van der Waals surface area contributed by atoms with Crippen molar-refractivity contribution in [3.8, 4) is 0 Å². The Kier molecular flexibility index (Phi) is 5.36. The lowest BCUT2D eigenvalue weighted by Gasteiger charge is -2.32. The molecule has 1 heterocycles. The van der Waals surface area contributed by atoms with Gasteiger partial charge < -0.3 is 25.2 Å². The highest BCUT2D eigenvalue weighted by Crippen LogP contribution is 2.13. The van der Waals surface area contributed by atoms with Crippen LogP contribution in [0.4, 0.5) is 4.79 Å². The van der Waals surface area contributed by atoms with E-state index in [1.165, 1.54) is 11.8 Å². The molecular formula is C11H20N2O5. The third-order valence-corrected chi connectivity index (χ3v) is 3.09. The molecule has 2 atom stereocenters. The van der Waals surface area contributed by atoms with Crippen molar-refractivity contribution >= 4 is 12.0 Å². The van der Waals surface area contributed by atoms with Gasteiger partial charge in [0.2, 0.25) is 0 Å². The van der Waals surface area contributed by atoms with E-state index in [0.29, 0.717) is 13.2 Å². The maximum atomic E-state index is 11.9. The molecule has 1 aliphatic heterocycles. The first-order valence-corrected chi connectivity index (χ1v) is 5.95. The van der Waals surface area contributed by atoms with Crippen molar-refractivity contribution in [1.29, 1.82) is 0 Å². The fourth-order valence-corrected chi connectivity index (χ4v) is 1.86. The minimum Gasteiger partial charge on any atom is -0.480 e. The molecule has 0 aromatic heterocycles. The molecule has 0 aliphatic carbocycles. The molecule has 0 saturated carbocycles. The van der Waals surface area contributed by atoms with Crippen molar-refractivity contribution in [1.82, 2.24) is 10.2 Å². The molecule has 1 aliphatic rings. The Hall–Kier alpha value is -1.34. The first-order chi connectivity index (χ1) is 8.43. The zero-order valence-corrected chi connectivity index (χ0v) is 10.6. The number of urea groups is 1. The molecule has 0 radical (unpaired) electrons. The van der Waals surface area contributed by atoms with Crippen molar-refractivity contribution in [3.63, 3.8) is 0 Å². The van der Waals surface area contributed by atoms with Crippen LogP contribution in [0.25, 0.3) is 0 Å². The number of rotatable bonds is 4. The van der Waals surface area contributed by atoms with Crippen LogP contribution in [-0.4, -0.2) is 65.6 Å². The fourth-order valence-electron chi connectivity index (χ4n) is 1.86. The van der Waals surface area contributed by atoms with Crippen LogP contribution >= 0.6 is 0 Å². The van der Waals surface area contributed by atoms with Gasteiger partial charge in [-0.3, -0.25) is 0 Å². The van der Waals surface area contributed by atoms with E-state index in [1.54, 1.807) is 7.05 Å². The van der Waals surface area contributed by atoms with Crippen molar-refractivity contribution in [2.45, 2.75) is 38.0 Å². The second kappa shape index (κ2) is 6.55. The van der Waals surface area contributed by atoms with E-state index in [-0.39, 0.29) is 6.04 Å². The number of amides is 2. The Balaban J connectivity index is 2.54. The average molecular weight is 260 g/mol. The Bertz CT molecular complexity index is 302. The third kappa shape index (κ3) is 3.85. The number of carbonyl (C=O) groups is 2. The highest BCUT2D eigenvalue weighted by atomic mass is 16.5. The van der Waals surface area contributed by atoms with E-state index >= 15 is 0 Å². The quantitative estimate of drug-likeness (QED) is 0.641. The van der Waals surface area contributed by atoms with Gasteiger partial charge in [0.15, 0.2) is 6.04 Å². The summed E-state index contributed by atoms with van der Waals surface area (Å²) in [5.74, 6) is -1.25. The van der Waals surface area contributed by atoms with E-state index in [9.17, 15) is 14.7 Å². The van der Waals surface area contributed by atoms with Crippen LogP contribution in [0.2, 0.25) is 0 Å². The minimum atomic E-state index is -1.29. The number of aliphatic hydroxyl groups excluding tert-OH is 1. The molecule has 0 bridgehead atoms. The topological polar surface area (TPSA) is 99.1 Å². The fraction of sp³-hybridized carbons (Fsp3) is 0.818. The summed E-state index contributed by atoms with van der Waals surface area (Å²) in [6.45, 7) is 2.52. The Labute approximate surface area is 106 Å². The summed E-state index contributed by atoms with van der Waals surface area (Å²) in [7, 11) is 1.62. The first kappa shape index (κ1) is 14.7. The number of aliphatic hydroxyl groups is 1. The van der Waals surface area contributed by atoms with Gasteiger partial charge in [0.25, 0.3) is 0 Å². The highest BCUT2D eigenvalue weighted by Gasteiger charge is 2.29. The van der Waals surface area contributed by atoms with Crippen LogP contribution < -0.4 is 5.32 Å². The smallest absolute Gasteiger partial charge is 0.328 e. The largest absolute Gasteiger partial charge is 0.480 e. The summed E-state index contributed by atoms with van der Waals surface area (Å²) >= 11 is 0. The molecule has 2 unspecified atom stereocenters. The van der Waals surface area contributed by atoms with Gasteiger partial charge >= 0.3 is 12.0 Å². The lowest BCUT2D eigenvalue weighted by atomic mass is 10.1. The number of nitrogens with one attached hydrogen (secondary N) is 1. The van der Waals surface area contributed by atoms with Crippen LogP contribution in [-0.2, 0) is 9.53 Å². The van der Waals surface area contributed by atoms with Crippen LogP contribution in [0.1, 0.15) is 19.8 Å². The van der Waals surface area contributed by atoms with Gasteiger partial charge in [-0.1, -0.05) is 0 Å². The van der Waals surface area contributed by atoms with Crippen molar-refractivity contribution in [2.75, 3.05) is 20.3 Å². The van der Waals surface area contributed by atoms with E-state index in [1.807, 2.05) is 0 Å². The molecule has 3 N–H and O–H groups in total. The maximum absolute atomic E-state index is 11.9. The van der Waals surface area contributed by atoms with Gasteiger partial charge in [-0.2, -0.15) is 0 Å². The summed E-state index contributed by atoms with van der Waals surface area (Å²) in [6, 6.07) is -1.74. The van der Waals surface area contributed by atoms with Gasteiger partial charge in [0.1, 0.15) is 0 Å². The second-order valence-electron chi connectivity index (χ2n) is 4.46. The molecule has 0 spiro atoms. The van der Waals surface area contributed by atoms with E-state index < -0.39 is 24.1 Å². The number of carboxylic acids is 1. The molecule has 0 aromatic carbocycles. The number of carbonyl (C=O) groups excluding carboxylic acids is 1. The monoisotopic (exact) mass is 260 g/mol. The van der Waals surface area contributed by atoms with E-state index in [4.69, 9.17) is 9.84 Å². The van der Waals surface area contributed by atoms with E-state index in [0.717, 1.165) is 12.8 Å². The van der Waals surface area contributed by atoms with Crippen molar-refractivity contribution < 1.29 is 24.5 Å². The number of nitrogens with zero attached hydrogens (tertiary/aromatic N) is 1. The molecule has 7 nitrogen and oxygen atoms in total. The lowest BCUT2D eigenvalue weighted by molar-refractivity contribution is -0.141. The Morgan fingerprint density at radius 2 is 1.94 bits per heavy atom. The first-order valence-electron chi connectivity index (χ1n) is 5.95. The number of ether oxygens (including phenoxy) is 1. The van der Waals surface area contributed by atoms with Gasteiger partial charge in [0, 0.05) is 26.3 Å². The molecule has 104 valence electrons. The molecule has 1 rings (SSSR count). The summed E-state index contributed by atoms with van der Waals surface area (Å²) in [5.41, 5.74) is 0. The molecular weight excluding hydrogens is 240 g/mol. The molecule has 0 aromatic rings. The summed E-state index contributed by atoms with van der Waals surface area (Å²) in [6.07, 6.45) is 0.321. The Morgan fingerprint density at radius 3 is 2.39 bits per heavy atom. The van der Waals surface area contributed by atoms with Gasteiger partial charge in [-0.15, -0.1) is 0 Å². The predicted molar refractivity (Wildman–Crippen MR) is 63.2 cm³/mol. The van der Waals surface area contributed by atoms with Gasteiger partial charge in [-0.25, -0.2) is 9.59 Å². The number of hydrogen-bond donors (Lipinski definition) is 3. The zero-order chi connectivity index (χ0) is 13.7. The standard InChI is InChI=1S/C11H20N2O5/c1-7(14)9(10(15)16)12-11(17)13(2)8-3-5-18-6-4-8/h7-9,14H,3-6H2,1-2H3,(H,12,17)(H,15,16). The molecule has 1 saturated heterocycles. The van der Waals surface area contributed by atoms with E-state index in [2.05, 4.69) is 5.32 Å². The molecule has 1 fully saturated rings. The summed E-state index contributed by atoms with van der Waals surface area (Å²) in [4.78, 5) is 24.2. The average Bonchev–Trinajstić information content (AvgIpc) is 2.35. The molecule has 18 heavy (non-hydrogen) atoms. The highest BCUT2D eigenvalue weighted by molar-refractivity contribution is 5.83. The third-order valence-electron chi connectivity index (χ3n) is 3.09. The van der Waals surface area contributed by atoms with Gasteiger partial charge in [-0.05, 0) is 19.8 Å². The number of hydrogen-bond acceptors (Lipinski definition) is 4. The SMILES string of the molecule is CC(O)C(NC(=O)N(C)C1CCOCC1)C(=O)O. The van der Waals surface area contributed by atoms with Crippen LogP contribution in [0.15, 0.2) is 0 Å². The van der Waals surface area contributed by atoms with Gasteiger partial charge in [0.05, 0.1) is 6.10 Å². The Morgan fingerprint density at radius 1 is 1.39 bits per heavy atom. The van der Waals surface area contributed by atoms with Crippen LogP contribution in [0, 0.1) is 0 Å². The zero-order valence-electron chi connectivity index (χ0n) is 10.6. The minimum absolute atomic E-state index is 0.0437. The van der Waals surface area contributed by atoms with Crippen LogP contribution in [0.3, 0.4) is 0 Å². The predicted octanol–water partition coefficient (Wildman–Crippen LogP) is -0.359. The molecule has 2 amide bonds. The second-order valence-corrected chi connectivity index (χ2v) is 4.46. The summed E-state index contributed by atoms with van der Waals surface area (Å²) < 4.78 is 5.19. The molecule has 7 heteroatoms. The lowest BCUT2D eigenvalue weighted by Crippen LogP contribution is -2.54.